The Morgan fingerprint density at radius 2 is 1.59 bits per heavy atom. The average molecular weight is 368 g/mol. The summed E-state index contributed by atoms with van der Waals surface area (Å²) in [7, 11) is 0. The standard InChI is InChI=1S/C19H14O8/c20-16(21)9-25-12-6-14(26-10-17(22)23)19-13(11-4-2-1-3-5-11)8-18(24)27-15(19)7-12/h1-8H,9-10H2,(H,20,21)(H,22,23)/p-2. The maximum absolute atomic E-state index is 12.0. The van der Waals surface area contributed by atoms with Gasteiger partial charge in [-0.25, -0.2) is 4.79 Å². The summed E-state index contributed by atoms with van der Waals surface area (Å²) in [6.07, 6.45) is 0. The number of rotatable bonds is 7. The topological polar surface area (TPSA) is 129 Å². The third-order valence-corrected chi connectivity index (χ3v) is 3.57. The van der Waals surface area contributed by atoms with E-state index < -0.39 is 30.8 Å². The summed E-state index contributed by atoms with van der Waals surface area (Å²) >= 11 is 0. The van der Waals surface area contributed by atoms with Gasteiger partial charge in [-0.05, 0) is 5.56 Å². The molecule has 138 valence electrons. The number of hydrogen-bond acceptors (Lipinski definition) is 8. The molecular formula is C19H12O8-2. The van der Waals surface area contributed by atoms with Crippen molar-refractivity contribution < 1.29 is 33.7 Å². The van der Waals surface area contributed by atoms with E-state index >= 15 is 0 Å². The molecule has 3 aromatic rings. The molecule has 1 heterocycles. The molecule has 0 spiro atoms. The highest BCUT2D eigenvalue weighted by atomic mass is 16.5. The molecule has 1 aromatic heterocycles. The number of fused-ring (bicyclic) bond motifs is 1. The van der Waals surface area contributed by atoms with Gasteiger partial charge in [-0.2, -0.15) is 0 Å². The Hall–Kier alpha value is -3.81. The summed E-state index contributed by atoms with van der Waals surface area (Å²) in [4.78, 5) is 33.4. The molecule has 0 radical (unpaired) electrons. The number of aliphatic carboxylic acids is 2. The summed E-state index contributed by atoms with van der Waals surface area (Å²) in [6.45, 7) is -1.50. The average Bonchev–Trinajstić information content (AvgIpc) is 2.64. The van der Waals surface area contributed by atoms with Gasteiger partial charge in [0.05, 0.1) is 17.3 Å². The molecular weight excluding hydrogens is 356 g/mol. The molecule has 0 bridgehead atoms. The van der Waals surface area contributed by atoms with Crippen LogP contribution in [-0.2, 0) is 9.59 Å². The highest BCUT2D eigenvalue weighted by molar-refractivity contribution is 5.98. The second kappa shape index (κ2) is 7.61. The first-order valence-corrected chi connectivity index (χ1v) is 7.76. The molecule has 0 amide bonds. The Labute approximate surface area is 152 Å². The van der Waals surface area contributed by atoms with Crippen LogP contribution in [0.4, 0.5) is 0 Å². The fraction of sp³-hybridized carbons (Fsp3) is 0.105. The number of carbonyl (C=O) groups excluding carboxylic acids is 2. The molecule has 0 saturated carbocycles. The normalized spacial score (nSPS) is 10.5. The van der Waals surface area contributed by atoms with E-state index in [9.17, 15) is 24.6 Å². The third kappa shape index (κ3) is 4.24. The molecule has 0 aliphatic carbocycles. The van der Waals surface area contributed by atoms with E-state index in [0.29, 0.717) is 16.5 Å². The van der Waals surface area contributed by atoms with Crippen molar-refractivity contribution >= 4 is 22.9 Å². The van der Waals surface area contributed by atoms with Crippen LogP contribution in [0.5, 0.6) is 11.5 Å². The van der Waals surface area contributed by atoms with Crippen LogP contribution in [0.15, 0.2) is 57.7 Å². The highest BCUT2D eigenvalue weighted by Crippen LogP contribution is 2.37. The molecule has 27 heavy (non-hydrogen) atoms. The largest absolute Gasteiger partial charge is 0.546 e. The summed E-state index contributed by atoms with van der Waals surface area (Å²) in [6, 6.07) is 12.7. The van der Waals surface area contributed by atoms with Gasteiger partial charge < -0.3 is 33.7 Å². The molecule has 0 aliphatic heterocycles. The number of benzene rings is 2. The summed E-state index contributed by atoms with van der Waals surface area (Å²) in [5.74, 6) is -2.87. The quantitative estimate of drug-likeness (QED) is 0.521. The molecule has 0 saturated heterocycles. The maximum Gasteiger partial charge on any atom is 0.336 e. The van der Waals surface area contributed by atoms with Gasteiger partial charge >= 0.3 is 5.63 Å². The Kier molecular flexibility index (Phi) is 5.07. The lowest BCUT2D eigenvalue weighted by atomic mass is 10.0. The van der Waals surface area contributed by atoms with E-state index in [2.05, 4.69) is 0 Å². The Morgan fingerprint density at radius 1 is 0.926 bits per heavy atom. The first kappa shape index (κ1) is 18.0. The Bertz CT molecular complexity index is 1050. The van der Waals surface area contributed by atoms with Crippen molar-refractivity contribution in [1.29, 1.82) is 0 Å². The number of hydrogen-bond donors (Lipinski definition) is 0. The molecule has 0 atom stereocenters. The zero-order chi connectivity index (χ0) is 19.4. The SMILES string of the molecule is O=C([O-])COc1cc(OCC(=O)[O-])c2c(-c3ccccc3)cc(=O)oc2c1. The van der Waals surface area contributed by atoms with Crippen molar-refractivity contribution in [1.82, 2.24) is 0 Å². The molecule has 0 fully saturated rings. The lowest BCUT2D eigenvalue weighted by Crippen LogP contribution is -2.29. The first-order valence-electron chi connectivity index (χ1n) is 7.76. The van der Waals surface area contributed by atoms with Crippen LogP contribution >= 0.6 is 0 Å². The second-order valence-corrected chi connectivity index (χ2v) is 5.46. The molecule has 8 nitrogen and oxygen atoms in total. The molecule has 2 aromatic carbocycles. The maximum atomic E-state index is 12.0. The lowest BCUT2D eigenvalue weighted by Gasteiger charge is -2.15. The van der Waals surface area contributed by atoms with Crippen LogP contribution in [-0.4, -0.2) is 25.2 Å². The van der Waals surface area contributed by atoms with E-state index in [4.69, 9.17) is 13.9 Å². The summed E-state index contributed by atoms with van der Waals surface area (Å²) in [5, 5.41) is 21.7. The number of carboxylic acids is 2. The fourth-order valence-corrected chi connectivity index (χ4v) is 2.56. The number of carbonyl (C=O) groups is 2. The summed E-state index contributed by atoms with van der Waals surface area (Å²) < 4.78 is 15.5. The fourth-order valence-electron chi connectivity index (χ4n) is 2.56. The third-order valence-electron chi connectivity index (χ3n) is 3.57. The van der Waals surface area contributed by atoms with Crippen LogP contribution in [0.1, 0.15) is 0 Å². The van der Waals surface area contributed by atoms with Gasteiger partial charge in [0.2, 0.25) is 0 Å². The van der Waals surface area contributed by atoms with Gasteiger partial charge in [0.1, 0.15) is 30.3 Å². The van der Waals surface area contributed by atoms with E-state index in [0.717, 1.165) is 0 Å². The smallest absolute Gasteiger partial charge is 0.336 e. The number of carboxylic acid groups (broad SMARTS) is 2. The molecule has 0 unspecified atom stereocenters. The van der Waals surface area contributed by atoms with Crippen molar-refractivity contribution in [2.24, 2.45) is 0 Å². The predicted molar refractivity (Wildman–Crippen MR) is 88.9 cm³/mol. The van der Waals surface area contributed by atoms with Crippen LogP contribution in [0.25, 0.3) is 22.1 Å². The van der Waals surface area contributed by atoms with Crippen LogP contribution in [0, 0.1) is 0 Å². The van der Waals surface area contributed by atoms with Gasteiger partial charge in [-0.1, -0.05) is 30.3 Å². The van der Waals surface area contributed by atoms with Gasteiger partial charge in [-0.3, -0.25) is 0 Å². The monoisotopic (exact) mass is 368 g/mol. The molecule has 8 heteroatoms. The minimum Gasteiger partial charge on any atom is -0.546 e. The second-order valence-electron chi connectivity index (χ2n) is 5.46. The first-order chi connectivity index (χ1) is 12.9. The summed E-state index contributed by atoms with van der Waals surface area (Å²) in [5.41, 5.74) is 0.536. The van der Waals surface area contributed by atoms with Crippen LogP contribution in [0.3, 0.4) is 0 Å². The minimum atomic E-state index is -1.46. The Morgan fingerprint density at radius 3 is 2.26 bits per heavy atom. The van der Waals surface area contributed by atoms with E-state index in [1.165, 1.54) is 18.2 Å². The molecule has 0 N–H and O–H groups in total. The van der Waals surface area contributed by atoms with Crippen molar-refractivity contribution in [3.05, 3.63) is 59.0 Å². The Balaban J connectivity index is 2.22. The molecule has 0 aliphatic rings. The zero-order valence-corrected chi connectivity index (χ0v) is 13.8. The zero-order valence-electron chi connectivity index (χ0n) is 13.8. The van der Waals surface area contributed by atoms with Crippen molar-refractivity contribution in [2.45, 2.75) is 0 Å². The van der Waals surface area contributed by atoms with Crippen molar-refractivity contribution in [2.75, 3.05) is 13.2 Å². The lowest BCUT2D eigenvalue weighted by molar-refractivity contribution is -0.308. The van der Waals surface area contributed by atoms with Crippen molar-refractivity contribution in [3.8, 4) is 22.6 Å². The predicted octanol–water partition coefficient (Wildman–Crippen LogP) is -0.283. The van der Waals surface area contributed by atoms with E-state index in [1.54, 1.807) is 30.3 Å². The van der Waals surface area contributed by atoms with Crippen LogP contribution < -0.4 is 25.3 Å². The number of ether oxygens (including phenoxy) is 2. The van der Waals surface area contributed by atoms with Gasteiger partial charge in [0.25, 0.3) is 0 Å². The van der Waals surface area contributed by atoms with Gasteiger partial charge in [-0.15, -0.1) is 0 Å². The highest BCUT2D eigenvalue weighted by Gasteiger charge is 2.16. The molecule has 3 rings (SSSR count). The van der Waals surface area contributed by atoms with E-state index in [-0.39, 0.29) is 17.1 Å². The minimum absolute atomic E-state index is 0.00779. The van der Waals surface area contributed by atoms with Crippen LogP contribution in [0.2, 0.25) is 0 Å². The van der Waals surface area contributed by atoms with E-state index in [1.807, 2.05) is 0 Å². The van der Waals surface area contributed by atoms with Gasteiger partial charge in [0, 0.05) is 23.8 Å². The van der Waals surface area contributed by atoms with Crippen molar-refractivity contribution in [3.63, 3.8) is 0 Å². The van der Waals surface area contributed by atoms with Gasteiger partial charge in [0.15, 0.2) is 0 Å².